The molecule has 1 aliphatic carbocycles. The molecule has 1 aromatic carbocycles. The Morgan fingerprint density at radius 3 is 2.81 bits per heavy atom. The molecule has 1 heterocycles. The average molecular weight is 216 g/mol. The van der Waals surface area contributed by atoms with E-state index in [9.17, 15) is 9.59 Å². The maximum absolute atomic E-state index is 11.5. The van der Waals surface area contributed by atoms with Crippen LogP contribution in [-0.2, 0) is 27.2 Å². The van der Waals surface area contributed by atoms with Gasteiger partial charge in [0.2, 0.25) is 0 Å². The lowest BCUT2D eigenvalue weighted by atomic mass is 9.91. The summed E-state index contributed by atoms with van der Waals surface area (Å²) in [4.78, 5) is 22.6. The van der Waals surface area contributed by atoms with Crippen molar-refractivity contribution in [3.8, 4) is 0 Å². The van der Waals surface area contributed by atoms with E-state index in [0.29, 0.717) is 0 Å². The van der Waals surface area contributed by atoms with Crippen molar-refractivity contribution >= 4 is 11.9 Å². The summed E-state index contributed by atoms with van der Waals surface area (Å²) in [6.07, 6.45) is 3.44. The third-order valence-corrected chi connectivity index (χ3v) is 3.43. The maximum atomic E-state index is 11.5. The van der Waals surface area contributed by atoms with Gasteiger partial charge < -0.3 is 4.74 Å². The summed E-state index contributed by atoms with van der Waals surface area (Å²) in [5.41, 5.74) is 3.59. The highest BCUT2D eigenvalue weighted by Crippen LogP contribution is 2.34. The minimum atomic E-state index is -0.398. The monoisotopic (exact) mass is 216 g/mol. The van der Waals surface area contributed by atoms with Gasteiger partial charge in [-0.2, -0.15) is 0 Å². The van der Waals surface area contributed by atoms with Crippen molar-refractivity contribution in [2.75, 3.05) is 0 Å². The van der Waals surface area contributed by atoms with E-state index >= 15 is 0 Å². The Bertz CT molecular complexity index is 476. The van der Waals surface area contributed by atoms with Crippen LogP contribution in [0, 0.1) is 0 Å². The predicted molar refractivity (Wildman–Crippen MR) is 56.9 cm³/mol. The van der Waals surface area contributed by atoms with Gasteiger partial charge in [-0.15, -0.1) is 0 Å². The van der Waals surface area contributed by atoms with Crippen LogP contribution in [-0.4, -0.2) is 11.9 Å². The lowest BCUT2D eigenvalue weighted by Gasteiger charge is -2.10. The van der Waals surface area contributed by atoms with Gasteiger partial charge >= 0.3 is 11.9 Å². The van der Waals surface area contributed by atoms with E-state index < -0.39 is 5.97 Å². The zero-order valence-corrected chi connectivity index (χ0v) is 8.86. The molecule has 0 spiro atoms. The highest BCUT2D eigenvalue weighted by Gasteiger charge is 2.36. The molecule has 0 aromatic heterocycles. The van der Waals surface area contributed by atoms with Gasteiger partial charge in [-0.25, -0.2) is 0 Å². The molecule has 1 unspecified atom stereocenters. The first-order valence-corrected chi connectivity index (χ1v) is 5.61. The normalized spacial score (nSPS) is 23.4. The van der Waals surface area contributed by atoms with Gasteiger partial charge in [0, 0.05) is 0 Å². The summed E-state index contributed by atoms with van der Waals surface area (Å²) in [5.74, 6) is -1.14. The first-order valence-electron chi connectivity index (χ1n) is 5.61. The highest BCUT2D eigenvalue weighted by atomic mass is 16.6. The van der Waals surface area contributed by atoms with Crippen LogP contribution < -0.4 is 0 Å². The van der Waals surface area contributed by atoms with Crippen molar-refractivity contribution in [1.29, 1.82) is 0 Å². The van der Waals surface area contributed by atoms with Crippen molar-refractivity contribution in [2.24, 2.45) is 0 Å². The molecule has 82 valence electrons. The Kier molecular flexibility index (Phi) is 2.06. The summed E-state index contributed by atoms with van der Waals surface area (Å²) in [6.45, 7) is 0. The van der Waals surface area contributed by atoms with E-state index in [1.165, 1.54) is 11.1 Å². The van der Waals surface area contributed by atoms with Crippen molar-refractivity contribution in [3.63, 3.8) is 0 Å². The highest BCUT2D eigenvalue weighted by molar-refractivity contribution is 5.98. The first-order chi connectivity index (χ1) is 7.75. The zero-order valence-electron chi connectivity index (χ0n) is 8.86. The number of ether oxygens (including phenoxy) is 1. The van der Waals surface area contributed by atoms with Crippen LogP contribution >= 0.6 is 0 Å². The first kappa shape index (κ1) is 9.58. The molecule has 16 heavy (non-hydrogen) atoms. The van der Waals surface area contributed by atoms with Crippen LogP contribution in [0.2, 0.25) is 0 Å². The van der Waals surface area contributed by atoms with E-state index in [-0.39, 0.29) is 18.3 Å². The summed E-state index contributed by atoms with van der Waals surface area (Å²) in [5, 5.41) is 0. The Balaban J connectivity index is 2.04. The number of fused-ring (bicyclic) bond motifs is 1. The van der Waals surface area contributed by atoms with Crippen LogP contribution in [0.4, 0.5) is 0 Å². The lowest BCUT2D eigenvalue weighted by molar-refractivity contribution is -0.152. The van der Waals surface area contributed by atoms with Crippen LogP contribution in [0.3, 0.4) is 0 Å². The van der Waals surface area contributed by atoms with Gasteiger partial charge in [0.15, 0.2) is 0 Å². The number of carbonyl (C=O) groups excluding carboxylic acids is 2. The number of hydrogen-bond acceptors (Lipinski definition) is 3. The second-order valence-corrected chi connectivity index (χ2v) is 4.39. The van der Waals surface area contributed by atoms with Crippen molar-refractivity contribution < 1.29 is 14.3 Å². The number of esters is 2. The smallest absolute Gasteiger partial charge is 0.321 e. The van der Waals surface area contributed by atoms with Crippen LogP contribution in [0.5, 0.6) is 0 Å². The zero-order chi connectivity index (χ0) is 11.1. The fourth-order valence-electron chi connectivity index (χ4n) is 2.69. The molecule has 3 nitrogen and oxygen atoms in total. The number of hydrogen-bond donors (Lipinski definition) is 0. The molecule has 1 aliphatic heterocycles. The molecule has 3 rings (SSSR count). The molecule has 0 saturated carbocycles. The molecular formula is C13H12O3. The van der Waals surface area contributed by atoms with Crippen molar-refractivity contribution in [1.82, 2.24) is 0 Å². The standard InChI is InChI=1S/C13H12O3/c14-12-7-11(13(15)16-12)10-6-2-4-8-3-1-5-9(8)10/h2,4,6,11H,1,3,5,7H2. The van der Waals surface area contributed by atoms with Crippen molar-refractivity contribution in [2.45, 2.75) is 31.6 Å². The molecule has 1 aromatic rings. The molecule has 1 atom stereocenters. The molecule has 0 bridgehead atoms. The maximum Gasteiger partial charge on any atom is 0.321 e. The third-order valence-electron chi connectivity index (χ3n) is 3.43. The van der Waals surface area contributed by atoms with Gasteiger partial charge in [-0.3, -0.25) is 9.59 Å². The van der Waals surface area contributed by atoms with E-state index in [1.54, 1.807) is 0 Å². The number of aryl methyl sites for hydroxylation is 1. The van der Waals surface area contributed by atoms with Crippen LogP contribution in [0.25, 0.3) is 0 Å². The molecule has 0 amide bonds. The Hall–Kier alpha value is -1.64. The summed E-state index contributed by atoms with van der Waals surface area (Å²) in [7, 11) is 0. The number of rotatable bonds is 1. The minimum Gasteiger partial charge on any atom is -0.393 e. The van der Waals surface area contributed by atoms with Gasteiger partial charge in [-0.05, 0) is 36.0 Å². The second-order valence-electron chi connectivity index (χ2n) is 4.39. The van der Waals surface area contributed by atoms with Crippen LogP contribution in [0.1, 0.15) is 35.4 Å². The Morgan fingerprint density at radius 2 is 2.06 bits per heavy atom. The molecule has 1 saturated heterocycles. The predicted octanol–water partition coefficient (Wildman–Crippen LogP) is 1.73. The Labute approximate surface area is 93.4 Å². The summed E-state index contributed by atoms with van der Waals surface area (Å²) in [6, 6.07) is 6.03. The lowest BCUT2D eigenvalue weighted by Crippen LogP contribution is -2.08. The van der Waals surface area contributed by atoms with Crippen molar-refractivity contribution in [3.05, 3.63) is 34.9 Å². The van der Waals surface area contributed by atoms with Gasteiger partial charge in [0.1, 0.15) is 0 Å². The van der Waals surface area contributed by atoms with Gasteiger partial charge in [0.05, 0.1) is 12.3 Å². The number of benzene rings is 1. The SMILES string of the molecule is O=C1CC(c2cccc3c2CCC3)C(=O)O1. The van der Waals surface area contributed by atoms with E-state index in [1.807, 2.05) is 12.1 Å². The quantitative estimate of drug-likeness (QED) is 0.530. The fourth-order valence-corrected chi connectivity index (χ4v) is 2.69. The molecule has 2 aliphatic rings. The largest absolute Gasteiger partial charge is 0.393 e. The van der Waals surface area contributed by atoms with E-state index in [4.69, 9.17) is 0 Å². The minimum absolute atomic E-state index is 0.204. The summed E-state index contributed by atoms with van der Waals surface area (Å²) < 4.78 is 4.61. The number of cyclic esters (lactones) is 2. The molecule has 0 N–H and O–H groups in total. The topological polar surface area (TPSA) is 43.4 Å². The van der Waals surface area contributed by atoms with Gasteiger partial charge in [-0.1, -0.05) is 18.2 Å². The fraction of sp³-hybridized carbons (Fsp3) is 0.385. The van der Waals surface area contributed by atoms with E-state index in [2.05, 4.69) is 10.8 Å². The average Bonchev–Trinajstić information content (AvgIpc) is 2.84. The number of carbonyl (C=O) groups is 2. The Morgan fingerprint density at radius 1 is 1.19 bits per heavy atom. The summed E-state index contributed by atoms with van der Waals surface area (Å²) >= 11 is 0. The van der Waals surface area contributed by atoms with E-state index in [0.717, 1.165) is 24.8 Å². The van der Waals surface area contributed by atoms with Gasteiger partial charge in [0.25, 0.3) is 0 Å². The van der Waals surface area contributed by atoms with Crippen LogP contribution in [0.15, 0.2) is 18.2 Å². The second kappa shape index (κ2) is 3.44. The molecule has 0 radical (unpaired) electrons. The molecule has 3 heteroatoms. The molecule has 1 fully saturated rings. The third kappa shape index (κ3) is 1.35. The molecular weight excluding hydrogens is 204 g/mol.